The molecular formula is C16H13F3N2O2S. The van der Waals surface area contributed by atoms with Gasteiger partial charge >= 0.3 is 6.18 Å². The van der Waals surface area contributed by atoms with E-state index in [4.69, 9.17) is 9.47 Å². The average molecular weight is 354 g/mol. The molecule has 24 heavy (non-hydrogen) atoms. The first-order valence-corrected chi connectivity index (χ1v) is 7.98. The summed E-state index contributed by atoms with van der Waals surface area (Å²) in [6.45, 7) is 0.643. The Morgan fingerprint density at radius 2 is 1.88 bits per heavy atom. The van der Waals surface area contributed by atoms with E-state index in [1.54, 1.807) is 12.1 Å². The summed E-state index contributed by atoms with van der Waals surface area (Å²) in [5.74, 6) is 0.470. The summed E-state index contributed by atoms with van der Waals surface area (Å²) in [6.07, 6.45) is -2.20. The zero-order valence-electron chi connectivity index (χ0n) is 12.6. The highest BCUT2D eigenvalue weighted by Gasteiger charge is 2.29. The topological polar surface area (TPSA) is 44.2 Å². The van der Waals surface area contributed by atoms with E-state index in [0.29, 0.717) is 5.88 Å². The molecule has 0 saturated heterocycles. The SMILES string of the molecule is CCc1cc2c(Oc3ccccc3OCC(F)(F)F)ncnc2s1. The standard InChI is InChI=1S/C16H13F3N2O2S/c1-2-10-7-11-14(20-9-21-15(11)24-10)23-13-6-4-3-5-12(13)22-8-16(17,18)19/h3-7,9H,2,8H2,1H3. The van der Waals surface area contributed by atoms with Crippen LogP contribution in [0.3, 0.4) is 0 Å². The molecule has 126 valence electrons. The Kier molecular flexibility index (Phi) is 4.57. The van der Waals surface area contributed by atoms with Crippen LogP contribution in [0.1, 0.15) is 11.8 Å². The van der Waals surface area contributed by atoms with Gasteiger partial charge < -0.3 is 9.47 Å². The molecule has 3 rings (SSSR count). The number of benzene rings is 1. The number of fused-ring (bicyclic) bond motifs is 1. The highest BCUT2D eigenvalue weighted by molar-refractivity contribution is 7.18. The fourth-order valence-electron chi connectivity index (χ4n) is 2.06. The molecule has 0 spiro atoms. The molecule has 2 aromatic heterocycles. The van der Waals surface area contributed by atoms with Crippen molar-refractivity contribution in [2.24, 2.45) is 0 Å². The first-order chi connectivity index (χ1) is 11.5. The monoisotopic (exact) mass is 354 g/mol. The van der Waals surface area contributed by atoms with Crippen molar-refractivity contribution in [3.63, 3.8) is 0 Å². The molecule has 4 nitrogen and oxygen atoms in total. The number of ether oxygens (including phenoxy) is 2. The van der Waals surface area contributed by atoms with Crippen molar-refractivity contribution < 1.29 is 22.6 Å². The van der Waals surface area contributed by atoms with Crippen LogP contribution in [0.5, 0.6) is 17.4 Å². The number of rotatable bonds is 5. The summed E-state index contributed by atoms with van der Waals surface area (Å²) < 4.78 is 47.6. The maximum absolute atomic E-state index is 12.4. The van der Waals surface area contributed by atoms with Gasteiger partial charge in [0.2, 0.25) is 5.88 Å². The summed E-state index contributed by atoms with van der Waals surface area (Å²) in [6, 6.07) is 8.11. The van der Waals surface area contributed by atoms with E-state index >= 15 is 0 Å². The van der Waals surface area contributed by atoms with Crippen LogP contribution >= 0.6 is 11.3 Å². The van der Waals surface area contributed by atoms with Crippen LogP contribution in [0.25, 0.3) is 10.2 Å². The van der Waals surface area contributed by atoms with Crippen molar-refractivity contribution >= 4 is 21.6 Å². The highest BCUT2D eigenvalue weighted by Crippen LogP contribution is 2.36. The zero-order chi connectivity index (χ0) is 17.2. The molecule has 0 bridgehead atoms. The maximum atomic E-state index is 12.4. The molecule has 0 atom stereocenters. The van der Waals surface area contributed by atoms with Crippen LogP contribution in [0.15, 0.2) is 36.7 Å². The van der Waals surface area contributed by atoms with Crippen LogP contribution in [0, 0.1) is 0 Å². The Labute approximate surface area is 139 Å². The second-order valence-corrected chi connectivity index (χ2v) is 6.03. The van der Waals surface area contributed by atoms with E-state index in [1.165, 1.54) is 29.8 Å². The summed E-state index contributed by atoms with van der Waals surface area (Å²) >= 11 is 1.53. The molecule has 0 amide bonds. The molecule has 0 saturated carbocycles. The number of hydrogen-bond acceptors (Lipinski definition) is 5. The van der Waals surface area contributed by atoms with Crippen LogP contribution in [-0.4, -0.2) is 22.8 Å². The molecule has 0 radical (unpaired) electrons. The first-order valence-electron chi connectivity index (χ1n) is 7.16. The molecule has 0 aliphatic carbocycles. The predicted molar refractivity (Wildman–Crippen MR) is 84.9 cm³/mol. The summed E-state index contributed by atoms with van der Waals surface area (Å²) in [4.78, 5) is 10.2. The molecule has 0 N–H and O–H groups in total. The van der Waals surface area contributed by atoms with Crippen LogP contribution in [0.2, 0.25) is 0 Å². The van der Waals surface area contributed by atoms with Crippen molar-refractivity contribution in [2.45, 2.75) is 19.5 Å². The lowest BCUT2D eigenvalue weighted by Crippen LogP contribution is -2.19. The van der Waals surface area contributed by atoms with E-state index in [9.17, 15) is 13.2 Å². The predicted octanol–water partition coefficient (Wildman–Crippen LogP) is 4.99. The molecule has 0 aliphatic heterocycles. The maximum Gasteiger partial charge on any atom is 0.422 e. The van der Waals surface area contributed by atoms with Gasteiger partial charge in [0.25, 0.3) is 0 Å². The number of para-hydroxylation sites is 2. The molecule has 0 fully saturated rings. The van der Waals surface area contributed by atoms with Crippen molar-refractivity contribution in [3.05, 3.63) is 41.5 Å². The number of hydrogen-bond donors (Lipinski definition) is 0. The van der Waals surface area contributed by atoms with E-state index in [2.05, 4.69) is 9.97 Å². The van der Waals surface area contributed by atoms with Gasteiger partial charge in [0.05, 0.1) is 5.39 Å². The average Bonchev–Trinajstić information content (AvgIpc) is 2.98. The zero-order valence-corrected chi connectivity index (χ0v) is 13.4. The van der Waals surface area contributed by atoms with E-state index in [1.807, 2.05) is 13.0 Å². The Morgan fingerprint density at radius 1 is 1.12 bits per heavy atom. The second-order valence-electron chi connectivity index (χ2n) is 4.92. The van der Waals surface area contributed by atoms with Gasteiger partial charge in [-0.2, -0.15) is 13.2 Å². The molecule has 3 aromatic rings. The third kappa shape index (κ3) is 3.76. The van der Waals surface area contributed by atoms with Gasteiger partial charge in [-0.3, -0.25) is 0 Å². The minimum atomic E-state index is -4.42. The molecular weight excluding hydrogens is 341 g/mol. The molecule has 8 heteroatoms. The third-order valence-corrected chi connectivity index (χ3v) is 4.33. The normalized spacial score (nSPS) is 11.7. The quantitative estimate of drug-likeness (QED) is 0.648. The summed E-state index contributed by atoms with van der Waals surface area (Å²) in [5, 5.41) is 0.727. The number of aryl methyl sites for hydroxylation is 1. The highest BCUT2D eigenvalue weighted by atomic mass is 32.1. The van der Waals surface area contributed by atoms with Crippen molar-refractivity contribution in [1.82, 2.24) is 9.97 Å². The van der Waals surface area contributed by atoms with Gasteiger partial charge in [-0.15, -0.1) is 11.3 Å². The van der Waals surface area contributed by atoms with E-state index in [0.717, 1.165) is 21.5 Å². The smallest absolute Gasteiger partial charge is 0.422 e. The second kappa shape index (κ2) is 6.64. The van der Waals surface area contributed by atoms with Gasteiger partial charge in [-0.05, 0) is 24.6 Å². The number of aromatic nitrogens is 2. The van der Waals surface area contributed by atoms with Gasteiger partial charge in [0, 0.05) is 4.88 Å². The minimum Gasteiger partial charge on any atom is -0.480 e. The van der Waals surface area contributed by atoms with Crippen molar-refractivity contribution in [3.8, 4) is 17.4 Å². The molecule has 0 unspecified atom stereocenters. The minimum absolute atomic E-state index is 0.00697. The molecule has 2 heterocycles. The van der Waals surface area contributed by atoms with Crippen molar-refractivity contribution in [1.29, 1.82) is 0 Å². The lowest BCUT2D eigenvalue weighted by atomic mass is 10.3. The van der Waals surface area contributed by atoms with Gasteiger partial charge in [0.1, 0.15) is 11.2 Å². The summed E-state index contributed by atoms with van der Waals surface area (Å²) in [7, 11) is 0. The van der Waals surface area contributed by atoms with Crippen LogP contribution in [0.4, 0.5) is 13.2 Å². The molecule has 1 aromatic carbocycles. The number of halogens is 3. The van der Waals surface area contributed by atoms with Crippen LogP contribution < -0.4 is 9.47 Å². The van der Waals surface area contributed by atoms with Crippen molar-refractivity contribution in [2.75, 3.05) is 6.61 Å². The Morgan fingerprint density at radius 3 is 2.58 bits per heavy atom. The summed E-state index contributed by atoms with van der Waals surface area (Å²) in [5.41, 5.74) is 0. The largest absolute Gasteiger partial charge is 0.480 e. The first kappa shape index (κ1) is 16.5. The fourth-order valence-corrected chi connectivity index (χ4v) is 2.98. The Bertz CT molecular complexity index is 849. The van der Waals surface area contributed by atoms with Gasteiger partial charge in [0.15, 0.2) is 18.1 Å². The number of alkyl halides is 3. The molecule has 0 aliphatic rings. The lowest BCUT2D eigenvalue weighted by molar-refractivity contribution is -0.153. The van der Waals surface area contributed by atoms with Crippen LogP contribution in [-0.2, 0) is 6.42 Å². The Balaban J connectivity index is 1.90. The number of nitrogens with zero attached hydrogens (tertiary/aromatic N) is 2. The Hall–Kier alpha value is -2.35. The number of thiophene rings is 1. The van der Waals surface area contributed by atoms with E-state index in [-0.39, 0.29) is 11.5 Å². The van der Waals surface area contributed by atoms with E-state index < -0.39 is 12.8 Å². The lowest BCUT2D eigenvalue weighted by Gasteiger charge is -2.13. The fraction of sp³-hybridized carbons (Fsp3) is 0.250. The third-order valence-electron chi connectivity index (χ3n) is 3.14. The van der Waals surface area contributed by atoms with Gasteiger partial charge in [-0.25, -0.2) is 9.97 Å². The van der Waals surface area contributed by atoms with Gasteiger partial charge in [-0.1, -0.05) is 19.1 Å².